The molecule has 0 unspecified atom stereocenters. The van der Waals surface area contributed by atoms with Crippen molar-refractivity contribution in [1.82, 2.24) is 10.9 Å². The first-order valence-electron chi connectivity index (χ1n) is 9.24. The van der Waals surface area contributed by atoms with Gasteiger partial charge in [0.1, 0.15) is 11.6 Å². The van der Waals surface area contributed by atoms with E-state index < -0.39 is 0 Å². The largest absolute Gasteiger partial charge is 0.331 e. The minimum atomic E-state index is -0.311. The monoisotopic (exact) mass is 446 g/mol. The lowest BCUT2D eigenvalue weighted by Crippen LogP contribution is -2.28. The third-order valence-electron chi connectivity index (χ3n) is 4.17. The molecule has 2 aromatic rings. The Balaban J connectivity index is 1.47. The van der Waals surface area contributed by atoms with Crippen LogP contribution in [0.25, 0.3) is 0 Å². The SMILES string of the molecule is Fc1ccc(NC(=S)NN=C2CCCC(=NNC(=S)Nc3ccc(F)cc3)C2)cc1. The quantitative estimate of drug-likeness (QED) is 0.409. The summed E-state index contributed by atoms with van der Waals surface area (Å²) in [4.78, 5) is 0. The molecule has 0 aromatic heterocycles. The number of halogens is 2. The summed E-state index contributed by atoms with van der Waals surface area (Å²) in [5.41, 5.74) is 8.80. The topological polar surface area (TPSA) is 72.8 Å². The lowest BCUT2D eigenvalue weighted by molar-refractivity contribution is 0.627. The zero-order chi connectivity index (χ0) is 21.3. The van der Waals surface area contributed by atoms with Crippen molar-refractivity contribution in [1.29, 1.82) is 0 Å². The summed E-state index contributed by atoms with van der Waals surface area (Å²) >= 11 is 10.4. The van der Waals surface area contributed by atoms with E-state index in [1.165, 1.54) is 24.3 Å². The van der Waals surface area contributed by atoms with Crippen molar-refractivity contribution in [3.8, 4) is 0 Å². The van der Waals surface area contributed by atoms with Gasteiger partial charge in [0.05, 0.1) is 0 Å². The number of hydrogen-bond donors (Lipinski definition) is 4. The predicted molar refractivity (Wildman–Crippen MR) is 125 cm³/mol. The van der Waals surface area contributed by atoms with Gasteiger partial charge in [-0.3, -0.25) is 10.9 Å². The van der Waals surface area contributed by atoms with Crippen molar-refractivity contribution < 1.29 is 8.78 Å². The number of hydrazone groups is 2. The minimum absolute atomic E-state index is 0.311. The molecule has 156 valence electrons. The number of hydrogen-bond acceptors (Lipinski definition) is 4. The minimum Gasteiger partial charge on any atom is -0.331 e. The van der Waals surface area contributed by atoms with E-state index >= 15 is 0 Å². The molecule has 0 atom stereocenters. The number of anilines is 2. The Bertz CT molecular complexity index is 881. The lowest BCUT2D eigenvalue weighted by atomic mass is 9.97. The Morgan fingerprint density at radius 2 is 1.10 bits per heavy atom. The van der Waals surface area contributed by atoms with E-state index in [1.807, 2.05) is 0 Å². The summed E-state index contributed by atoms with van der Waals surface area (Å²) in [5, 5.41) is 15.2. The molecule has 30 heavy (non-hydrogen) atoms. The van der Waals surface area contributed by atoms with Gasteiger partial charge in [-0.05, 0) is 92.2 Å². The van der Waals surface area contributed by atoms with Gasteiger partial charge >= 0.3 is 0 Å². The molecule has 1 aliphatic carbocycles. The average Bonchev–Trinajstić information content (AvgIpc) is 2.74. The third-order valence-corrected chi connectivity index (χ3v) is 4.56. The van der Waals surface area contributed by atoms with Crippen LogP contribution in [0.5, 0.6) is 0 Å². The fraction of sp³-hybridized carbons (Fsp3) is 0.200. The second-order valence-electron chi connectivity index (χ2n) is 6.53. The fourth-order valence-electron chi connectivity index (χ4n) is 2.74. The van der Waals surface area contributed by atoms with Gasteiger partial charge in [0.15, 0.2) is 10.2 Å². The van der Waals surface area contributed by atoms with Crippen LogP contribution < -0.4 is 21.5 Å². The molecule has 0 radical (unpaired) electrons. The van der Waals surface area contributed by atoms with Crippen LogP contribution in [0.4, 0.5) is 20.2 Å². The molecule has 1 fully saturated rings. The van der Waals surface area contributed by atoms with Gasteiger partial charge in [-0.2, -0.15) is 10.2 Å². The molecule has 1 aliphatic rings. The summed E-state index contributed by atoms with van der Waals surface area (Å²) in [6.07, 6.45) is 3.18. The van der Waals surface area contributed by atoms with Crippen molar-refractivity contribution in [2.24, 2.45) is 10.2 Å². The van der Waals surface area contributed by atoms with Crippen LogP contribution in [0, 0.1) is 11.6 Å². The van der Waals surface area contributed by atoms with E-state index in [0.29, 0.717) is 28.0 Å². The molecule has 10 heteroatoms. The normalized spacial score (nSPS) is 16.2. The molecule has 0 heterocycles. The van der Waals surface area contributed by atoms with Crippen LogP contribution in [-0.2, 0) is 0 Å². The third kappa shape index (κ3) is 7.12. The fourth-order valence-corrected chi connectivity index (χ4v) is 3.07. The first-order valence-corrected chi connectivity index (χ1v) is 10.1. The van der Waals surface area contributed by atoms with E-state index in [4.69, 9.17) is 24.4 Å². The van der Waals surface area contributed by atoms with Crippen molar-refractivity contribution in [3.05, 3.63) is 60.2 Å². The summed E-state index contributed by atoms with van der Waals surface area (Å²) in [7, 11) is 0. The van der Waals surface area contributed by atoms with Crippen molar-refractivity contribution in [3.63, 3.8) is 0 Å². The maximum absolute atomic E-state index is 12.9. The molecule has 0 saturated heterocycles. The zero-order valence-electron chi connectivity index (χ0n) is 15.9. The summed E-state index contributed by atoms with van der Waals surface area (Å²) in [6.45, 7) is 0. The number of rotatable bonds is 4. The van der Waals surface area contributed by atoms with E-state index in [0.717, 1.165) is 30.7 Å². The highest BCUT2D eigenvalue weighted by Gasteiger charge is 2.14. The number of benzene rings is 2. The van der Waals surface area contributed by atoms with Crippen LogP contribution in [0.1, 0.15) is 25.7 Å². The molecule has 6 nitrogen and oxygen atoms in total. The maximum atomic E-state index is 12.9. The lowest BCUT2D eigenvalue weighted by Gasteiger charge is -2.16. The Kier molecular flexibility index (Phi) is 7.75. The summed E-state index contributed by atoms with van der Waals surface area (Å²) in [6, 6.07) is 11.8. The Morgan fingerprint density at radius 1 is 0.700 bits per heavy atom. The van der Waals surface area contributed by atoms with Crippen molar-refractivity contribution in [2.75, 3.05) is 10.6 Å². The van der Waals surface area contributed by atoms with Crippen LogP contribution in [-0.4, -0.2) is 21.6 Å². The second-order valence-corrected chi connectivity index (χ2v) is 7.35. The molecule has 2 aromatic carbocycles. The highest BCUT2D eigenvalue weighted by atomic mass is 32.1. The highest BCUT2D eigenvalue weighted by Crippen LogP contribution is 2.13. The molecule has 0 spiro atoms. The Labute approximate surface area is 183 Å². The Morgan fingerprint density at radius 3 is 1.50 bits per heavy atom. The zero-order valence-corrected chi connectivity index (χ0v) is 17.5. The molecule has 0 amide bonds. The molecule has 0 aliphatic heterocycles. The highest BCUT2D eigenvalue weighted by molar-refractivity contribution is 7.80. The van der Waals surface area contributed by atoms with Crippen LogP contribution in [0.15, 0.2) is 58.7 Å². The average molecular weight is 447 g/mol. The standard InChI is InChI=1S/C20H20F2N6S2/c21-13-4-8-15(9-5-13)23-19(29)27-25-17-2-1-3-18(12-17)26-28-20(30)24-16-10-6-14(22)7-11-16/h4-11H,1-3,12H2,(H2,23,27,29)(H2,24,28,30). The number of thiocarbonyl (C=S) groups is 2. The van der Waals surface area contributed by atoms with E-state index in [-0.39, 0.29) is 11.6 Å². The molecule has 0 bridgehead atoms. The molecular weight excluding hydrogens is 426 g/mol. The number of nitrogens with zero attached hydrogens (tertiary/aromatic N) is 2. The van der Waals surface area contributed by atoms with Gasteiger partial charge < -0.3 is 10.6 Å². The second kappa shape index (κ2) is 10.7. The summed E-state index contributed by atoms with van der Waals surface area (Å²) < 4.78 is 25.9. The van der Waals surface area contributed by atoms with Crippen LogP contribution >= 0.6 is 24.4 Å². The van der Waals surface area contributed by atoms with Gasteiger partial charge in [-0.25, -0.2) is 8.78 Å². The van der Waals surface area contributed by atoms with Gasteiger partial charge in [-0.15, -0.1) is 0 Å². The van der Waals surface area contributed by atoms with Crippen molar-refractivity contribution in [2.45, 2.75) is 25.7 Å². The van der Waals surface area contributed by atoms with Gasteiger partial charge in [0.2, 0.25) is 0 Å². The van der Waals surface area contributed by atoms with Gasteiger partial charge in [-0.1, -0.05) is 0 Å². The molecular formula is C20H20F2N6S2. The first kappa shape index (κ1) is 21.7. The van der Waals surface area contributed by atoms with E-state index in [9.17, 15) is 8.78 Å². The van der Waals surface area contributed by atoms with E-state index in [2.05, 4.69) is 31.7 Å². The van der Waals surface area contributed by atoms with Crippen LogP contribution in [0.2, 0.25) is 0 Å². The number of nitrogens with one attached hydrogen (secondary N) is 4. The summed E-state index contributed by atoms with van der Waals surface area (Å²) in [5.74, 6) is -0.621. The molecule has 1 saturated carbocycles. The molecule has 4 N–H and O–H groups in total. The van der Waals surface area contributed by atoms with E-state index in [1.54, 1.807) is 24.3 Å². The molecule has 3 rings (SSSR count). The van der Waals surface area contributed by atoms with Crippen molar-refractivity contribution >= 4 is 57.5 Å². The van der Waals surface area contributed by atoms with Gasteiger partial charge in [0.25, 0.3) is 0 Å². The maximum Gasteiger partial charge on any atom is 0.191 e. The predicted octanol–water partition coefficient (Wildman–Crippen LogP) is 4.52. The van der Waals surface area contributed by atoms with Crippen LogP contribution in [0.3, 0.4) is 0 Å². The Hall–Kier alpha value is -2.98. The smallest absolute Gasteiger partial charge is 0.191 e. The first-order chi connectivity index (χ1) is 14.5. The van der Waals surface area contributed by atoms with Gasteiger partial charge in [0, 0.05) is 29.2 Å².